The van der Waals surface area contributed by atoms with Crippen molar-refractivity contribution in [3.05, 3.63) is 86.1 Å². The Labute approximate surface area is 327 Å². The first kappa shape index (κ1) is 37.5. The van der Waals surface area contributed by atoms with Gasteiger partial charge in [-0.05, 0) is 143 Å². The quantitative estimate of drug-likeness (QED) is 0.156. The summed E-state index contributed by atoms with van der Waals surface area (Å²) in [6.07, 6.45) is 22.6. The van der Waals surface area contributed by atoms with Gasteiger partial charge in [-0.2, -0.15) is 0 Å². The zero-order valence-corrected chi connectivity index (χ0v) is 33.6. The van der Waals surface area contributed by atoms with E-state index in [1.54, 1.807) is 0 Å². The number of fused-ring (bicyclic) bond motifs is 4. The monoisotopic (exact) mass is 743 g/mol. The van der Waals surface area contributed by atoms with Gasteiger partial charge in [0.2, 0.25) is 11.8 Å². The zero-order chi connectivity index (χ0) is 38.4. The summed E-state index contributed by atoms with van der Waals surface area (Å²) in [4.78, 5) is 36.9. The number of likely N-dealkylation sites (tertiary alicyclic amines) is 1. The number of aromatic nitrogens is 2. The molecule has 0 spiro atoms. The Hall–Kier alpha value is -4.37. The lowest BCUT2D eigenvalue weighted by molar-refractivity contribution is -0.128. The summed E-state index contributed by atoms with van der Waals surface area (Å²) in [5.41, 5.74) is 21.4. The van der Waals surface area contributed by atoms with E-state index in [2.05, 4.69) is 76.1 Å². The molecule has 2 aliphatic heterocycles. The van der Waals surface area contributed by atoms with E-state index in [9.17, 15) is 9.59 Å². The van der Waals surface area contributed by atoms with Gasteiger partial charge >= 0.3 is 0 Å². The maximum Gasteiger partial charge on any atom is 0.249 e. The van der Waals surface area contributed by atoms with Crippen LogP contribution >= 0.6 is 0 Å². The third kappa shape index (κ3) is 7.74. The molecule has 8 rings (SSSR count). The number of benzene rings is 1. The number of anilines is 2. The molecule has 2 fully saturated rings. The Morgan fingerprint density at radius 3 is 2.40 bits per heavy atom. The van der Waals surface area contributed by atoms with Gasteiger partial charge in [-0.25, -0.2) is 4.98 Å². The van der Waals surface area contributed by atoms with Crippen molar-refractivity contribution < 1.29 is 9.59 Å². The van der Waals surface area contributed by atoms with Gasteiger partial charge in [0.05, 0.1) is 29.3 Å². The van der Waals surface area contributed by atoms with Crippen LogP contribution in [0.15, 0.2) is 57.7 Å². The lowest BCUT2D eigenvalue weighted by Crippen LogP contribution is -2.46. The highest BCUT2D eigenvalue weighted by atomic mass is 16.2. The summed E-state index contributed by atoms with van der Waals surface area (Å²) < 4.78 is 0. The number of carbonyl (C=O) groups is 2. The van der Waals surface area contributed by atoms with E-state index in [-0.39, 0.29) is 36.0 Å². The van der Waals surface area contributed by atoms with E-state index in [1.165, 1.54) is 50.5 Å². The van der Waals surface area contributed by atoms with Gasteiger partial charge in [-0.3, -0.25) is 9.59 Å². The summed E-state index contributed by atoms with van der Waals surface area (Å²) in [6, 6.07) is 4.40. The smallest absolute Gasteiger partial charge is 0.249 e. The van der Waals surface area contributed by atoms with Crippen molar-refractivity contribution in [3.8, 4) is 0 Å². The van der Waals surface area contributed by atoms with Gasteiger partial charge in [-0.15, -0.1) is 0 Å². The first-order valence-corrected chi connectivity index (χ1v) is 21.1. The van der Waals surface area contributed by atoms with Gasteiger partial charge in [0.25, 0.3) is 0 Å². The molecule has 9 heteroatoms. The number of allylic oxidation sites excluding steroid dienone is 7. The molecular weight excluding hydrogens is 683 g/mol. The van der Waals surface area contributed by atoms with Crippen LogP contribution in [0.3, 0.4) is 0 Å². The summed E-state index contributed by atoms with van der Waals surface area (Å²) in [5, 5.41) is 10.8. The molecule has 2 aromatic rings. The number of nitrogens with two attached hydrogens (primary N) is 1. The number of rotatable bonds is 10. The Kier molecular flexibility index (Phi) is 10.7. The highest BCUT2D eigenvalue weighted by molar-refractivity contribution is 5.94. The molecule has 6 aliphatic rings. The van der Waals surface area contributed by atoms with Crippen molar-refractivity contribution in [2.75, 3.05) is 17.2 Å². The minimum Gasteiger partial charge on any atom is -0.364 e. The van der Waals surface area contributed by atoms with Crippen molar-refractivity contribution in [1.82, 2.24) is 20.2 Å². The van der Waals surface area contributed by atoms with Crippen LogP contribution in [0.5, 0.6) is 0 Å². The number of nitrogens with one attached hydrogen (secondary N) is 4. The topological polar surface area (TPSA) is 128 Å². The summed E-state index contributed by atoms with van der Waals surface area (Å²) in [7, 11) is 0. The lowest BCUT2D eigenvalue weighted by Gasteiger charge is -2.28. The molecule has 5 atom stereocenters. The molecule has 3 heterocycles. The average molecular weight is 744 g/mol. The minimum atomic E-state index is -0.458. The van der Waals surface area contributed by atoms with Crippen molar-refractivity contribution >= 4 is 35.3 Å². The molecule has 2 amide bonds. The molecule has 1 saturated heterocycles. The second-order valence-electron chi connectivity index (χ2n) is 17.6. The van der Waals surface area contributed by atoms with E-state index in [0.717, 1.165) is 106 Å². The van der Waals surface area contributed by atoms with Crippen molar-refractivity contribution in [2.45, 2.75) is 148 Å². The van der Waals surface area contributed by atoms with Crippen LogP contribution in [0.25, 0.3) is 12.2 Å². The molecule has 292 valence electrons. The van der Waals surface area contributed by atoms with Gasteiger partial charge in [0.15, 0.2) is 0 Å². The van der Waals surface area contributed by atoms with Crippen LogP contribution in [0.4, 0.5) is 11.4 Å². The molecule has 1 aromatic carbocycles. The van der Waals surface area contributed by atoms with Crippen LogP contribution in [-0.2, 0) is 22.4 Å². The predicted octanol–water partition coefficient (Wildman–Crippen LogP) is 8.44. The Balaban J connectivity index is 0.912. The Morgan fingerprint density at radius 1 is 0.909 bits per heavy atom. The highest BCUT2D eigenvalue weighted by Gasteiger charge is 2.36. The van der Waals surface area contributed by atoms with Crippen LogP contribution in [0.1, 0.15) is 140 Å². The van der Waals surface area contributed by atoms with Crippen LogP contribution in [0.2, 0.25) is 0 Å². The molecular formula is C46H61N7O2. The number of aryl methyl sites for hydroxylation is 1. The Bertz CT molecular complexity index is 2010. The number of nitrogens with zero attached hydrogens (tertiary/aromatic N) is 2. The molecule has 4 aliphatic carbocycles. The van der Waals surface area contributed by atoms with Crippen molar-refractivity contribution in [3.63, 3.8) is 0 Å². The van der Waals surface area contributed by atoms with Crippen molar-refractivity contribution in [1.29, 1.82) is 0 Å². The van der Waals surface area contributed by atoms with E-state index >= 15 is 0 Å². The lowest BCUT2D eigenvalue weighted by atomic mass is 9.82. The Morgan fingerprint density at radius 2 is 1.65 bits per heavy atom. The number of H-pyrrole nitrogens is 1. The first-order valence-electron chi connectivity index (χ1n) is 21.1. The van der Waals surface area contributed by atoms with Crippen LogP contribution < -0.4 is 21.7 Å². The largest absolute Gasteiger partial charge is 0.364 e. The number of amides is 2. The maximum atomic E-state index is 13.2. The van der Waals surface area contributed by atoms with Crippen molar-refractivity contribution in [2.24, 2.45) is 11.7 Å². The van der Waals surface area contributed by atoms with Gasteiger partial charge in [0, 0.05) is 42.2 Å². The molecule has 9 nitrogen and oxygen atoms in total. The SMILES string of the molecule is CC(C)=C(C)C(=O)N1CCCC1CC1Nc2ccc3c(c2N1)CCC(C1=CC=C(C2=Cc4nc(C5CCCC5NC(=O)C(N)CC(C)C)[nH]c4CC2)CC1)=C3. The average Bonchev–Trinajstić information content (AvgIpc) is 4.00. The fourth-order valence-electron chi connectivity index (χ4n) is 9.91. The van der Waals surface area contributed by atoms with Gasteiger partial charge in [-0.1, -0.05) is 50.1 Å². The fraction of sp³-hybridized carbons (Fsp3) is 0.543. The second-order valence-corrected chi connectivity index (χ2v) is 17.6. The maximum absolute atomic E-state index is 13.2. The standard InChI is InChI=1S/C46H61N7O2/c1-26(2)22-37(47)45(54)51-38-10-6-9-36(38)44-49-39-19-16-32(24-41(39)50-44)30-13-11-29(12-14-30)31-15-18-35-33(23-31)17-20-40-43(35)52-42(48-40)25-34-8-7-21-53(34)46(55)28(5)27(3)4/h11,13,17,20,23-24,26,34,36-38,42,48,52H,6-10,12,14-16,18-19,21-22,25,47H2,1-5H3,(H,49,50)(H,51,54). The summed E-state index contributed by atoms with van der Waals surface area (Å²) in [6.45, 7) is 11.1. The van der Waals surface area contributed by atoms with Gasteiger partial charge in [0.1, 0.15) is 5.82 Å². The van der Waals surface area contributed by atoms with E-state index in [1.807, 2.05) is 20.8 Å². The number of imidazole rings is 1. The molecule has 55 heavy (non-hydrogen) atoms. The number of aromatic amines is 1. The molecule has 5 unspecified atom stereocenters. The predicted molar refractivity (Wildman–Crippen MR) is 223 cm³/mol. The number of hydrogen-bond acceptors (Lipinski definition) is 6. The molecule has 1 aromatic heterocycles. The molecule has 0 bridgehead atoms. The van der Waals surface area contributed by atoms with E-state index < -0.39 is 6.04 Å². The highest BCUT2D eigenvalue weighted by Crippen LogP contribution is 2.43. The molecule has 6 N–H and O–H groups in total. The zero-order valence-electron chi connectivity index (χ0n) is 33.6. The molecule has 0 radical (unpaired) electrons. The van der Waals surface area contributed by atoms with Gasteiger partial charge < -0.3 is 31.6 Å². The van der Waals surface area contributed by atoms with Crippen LogP contribution in [0, 0.1) is 5.92 Å². The summed E-state index contributed by atoms with van der Waals surface area (Å²) >= 11 is 0. The minimum absolute atomic E-state index is 0.0343. The van der Waals surface area contributed by atoms with E-state index in [4.69, 9.17) is 10.7 Å². The summed E-state index contributed by atoms with van der Waals surface area (Å²) in [5.74, 6) is 1.78. The number of carbonyl (C=O) groups excluding carboxylic acids is 2. The second kappa shape index (κ2) is 15.6. The fourth-order valence-corrected chi connectivity index (χ4v) is 9.91. The normalized spacial score (nSPS) is 24.7. The van der Waals surface area contributed by atoms with E-state index in [0.29, 0.717) is 12.3 Å². The first-order chi connectivity index (χ1) is 26.5. The van der Waals surface area contributed by atoms with Crippen LogP contribution in [-0.4, -0.2) is 57.5 Å². The third-order valence-electron chi connectivity index (χ3n) is 13.2. The molecule has 1 saturated carbocycles. The number of hydrogen-bond donors (Lipinski definition) is 5. The third-order valence-corrected chi connectivity index (χ3v) is 13.2.